The van der Waals surface area contributed by atoms with Crippen LogP contribution in [0.3, 0.4) is 0 Å². The van der Waals surface area contributed by atoms with Gasteiger partial charge in [-0.1, -0.05) is 0 Å². The molecule has 0 atom stereocenters. The molecule has 0 unspecified atom stereocenters. The third kappa shape index (κ3) is 3.70. The normalized spacial score (nSPS) is 10.8. The number of hydrogen-bond acceptors (Lipinski definition) is 2. The number of thiophene rings is 2. The van der Waals surface area contributed by atoms with Gasteiger partial charge in [-0.2, -0.15) is 0 Å². The fourth-order valence-corrected chi connectivity index (χ4v) is 4.46. The van der Waals surface area contributed by atoms with E-state index in [1.165, 1.54) is 36.6 Å². The van der Waals surface area contributed by atoms with E-state index in [0.717, 1.165) is 0 Å². The molecule has 2 aromatic rings. The van der Waals surface area contributed by atoms with Gasteiger partial charge in [0.05, 0.1) is 7.57 Å². The van der Waals surface area contributed by atoms with Gasteiger partial charge in [0.2, 0.25) is 0 Å². The molecule has 0 aromatic carbocycles. The van der Waals surface area contributed by atoms with Crippen LogP contribution in [0.15, 0.2) is 31.8 Å². The summed E-state index contributed by atoms with van der Waals surface area (Å²) in [6.07, 6.45) is 3.61. The summed E-state index contributed by atoms with van der Waals surface area (Å²) >= 11 is 10.7. The van der Waals surface area contributed by atoms with Crippen LogP contribution in [0.25, 0.3) is 0 Å². The molecule has 0 saturated heterocycles. The second-order valence-electron chi connectivity index (χ2n) is 3.27. The Morgan fingerprint density at radius 2 is 1.27 bits per heavy atom. The van der Waals surface area contributed by atoms with Gasteiger partial charge in [0.1, 0.15) is 0 Å². The summed E-state index contributed by atoms with van der Waals surface area (Å²) in [6, 6.07) is 8.67. The van der Waals surface area contributed by atoms with Crippen molar-refractivity contribution in [1.29, 1.82) is 0 Å². The van der Waals surface area contributed by atoms with Crippen molar-refractivity contribution in [3.05, 3.63) is 41.6 Å². The molecule has 0 aliphatic carbocycles. The molecule has 0 spiro atoms. The first-order valence-corrected chi connectivity index (χ1v) is 7.94. The van der Waals surface area contributed by atoms with Crippen molar-refractivity contribution >= 4 is 54.5 Å². The predicted molar refractivity (Wildman–Crippen MR) is 76.1 cm³/mol. The molecule has 2 aromatic heterocycles. The van der Waals surface area contributed by atoms with E-state index in [4.69, 9.17) is 0 Å². The average Bonchev–Trinajstić information content (AvgIpc) is 2.76. The first kappa shape index (κ1) is 11.8. The zero-order valence-electron chi connectivity index (χ0n) is 8.00. The third-order valence-corrected chi connectivity index (χ3v) is 5.47. The van der Waals surface area contributed by atoms with Gasteiger partial charge >= 0.3 is 0 Å². The lowest BCUT2D eigenvalue weighted by atomic mass is 10.2. The summed E-state index contributed by atoms with van der Waals surface area (Å²) in [6.45, 7) is 0. The Bertz CT molecular complexity index is 391. The van der Waals surface area contributed by atoms with Gasteiger partial charge in [-0.15, -0.1) is 22.7 Å². The van der Waals surface area contributed by atoms with E-state index in [-0.39, 0.29) is 0 Å². The average molecular weight is 366 g/mol. The van der Waals surface area contributed by atoms with Gasteiger partial charge in [0.25, 0.3) is 0 Å². The van der Waals surface area contributed by atoms with Gasteiger partial charge in [-0.05, 0) is 75.4 Å². The van der Waals surface area contributed by atoms with E-state index in [0.29, 0.717) is 0 Å². The highest BCUT2D eigenvalue weighted by Gasteiger charge is 2.00. The highest BCUT2D eigenvalue weighted by molar-refractivity contribution is 9.11. The topological polar surface area (TPSA) is 0 Å². The SMILES string of the molecule is Brc1ccc(CCCc2ccc(Br)s2)s1. The van der Waals surface area contributed by atoms with E-state index in [2.05, 4.69) is 56.1 Å². The van der Waals surface area contributed by atoms with Crippen molar-refractivity contribution in [1.82, 2.24) is 0 Å². The Labute approximate surface area is 115 Å². The molecule has 0 radical (unpaired) electrons. The highest BCUT2D eigenvalue weighted by atomic mass is 79.9. The molecule has 0 bridgehead atoms. The fraction of sp³-hybridized carbons (Fsp3) is 0.273. The largest absolute Gasteiger partial charge is 0.133 e. The van der Waals surface area contributed by atoms with Crippen LogP contribution in [-0.4, -0.2) is 0 Å². The molecule has 0 aliphatic rings. The molecule has 80 valence electrons. The fourth-order valence-electron chi connectivity index (χ4n) is 1.41. The van der Waals surface area contributed by atoms with Crippen molar-refractivity contribution in [2.24, 2.45) is 0 Å². The van der Waals surface area contributed by atoms with Crippen molar-refractivity contribution in [3.8, 4) is 0 Å². The summed E-state index contributed by atoms with van der Waals surface area (Å²) in [4.78, 5) is 2.94. The van der Waals surface area contributed by atoms with Crippen LogP contribution >= 0.6 is 54.5 Å². The van der Waals surface area contributed by atoms with Gasteiger partial charge in [0.15, 0.2) is 0 Å². The molecule has 0 N–H and O–H groups in total. The summed E-state index contributed by atoms with van der Waals surface area (Å²) in [5.41, 5.74) is 0. The maximum atomic E-state index is 3.49. The van der Waals surface area contributed by atoms with Gasteiger partial charge in [-0.3, -0.25) is 0 Å². The maximum absolute atomic E-state index is 3.49. The smallest absolute Gasteiger partial charge is 0.0701 e. The molecule has 0 saturated carbocycles. The lowest BCUT2D eigenvalue weighted by Crippen LogP contribution is -1.84. The summed E-state index contributed by atoms with van der Waals surface area (Å²) < 4.78 is 2.47. The minimum Gasteiger partial charge on any atom is -0.133 e. The Kier molecular flexibility index (Phi) is 4.43. The second-order valence-corrected chi connectivity index (χ2v) is 8.36. The molecule has 0 nitrogen and oxygen atoms in total. The van der Waals surface area contributed by atoms with Crippen molar-refractivity contribution in [2.75, 3.05) is 0 Å². The molecular formula is C11H10Br2S2. The number of aryl methyl sites for hydroxylation is 2. The van der Waals surface area contributed by atoms with Crippen LogP contribution in [0, 0.1) is 0 Å². The Morgan fingerprint density at radius 1 is 0.800 bits per heavy atom. The van der Waals surface area contributed by atoms with E-state index in [1.54, 1.807) is 0 Å². The van der Waals surface area contributed by atoms with Crippen LogP contribution in [0.5, 0.6) is 0 Å². The quantitative estimate of drug-likeness (QED) is 0.670. The van der Waals surface area contributed by atoms with Crippen LogP contribution in [0.4, 0.5) is 0 Å². The van der Waals surface area contributed by atoms with Gasteiger partial charge < -0.3 is 0 Å². The molecule has 0 fully saturated rings. The second kappa shape index (κ2) is 5.62. The predicted octanol–water partition coefficient (Wildman–Crippen LogP) is 5.51. The van der Waals surface area contributed by atoms with Gasteiger partial charge in [-0.25, -0.2) is 0 Å². The molecule has 0 aliphatic heterocycles. The Morgan fingerprint density at radius 3 is 1.60 bits per heavy atom. The summed E-state index contributed by atoms with van der Waals surface area (Å²) in [5.74, 6) is 0. The van der Waals surface area contributed by atoms with Crippen molar-refractivity contribution in [3.63, 3.8) is 0 Å². The standard InChI is InChI=1S/C11H10Br2S2/c12-10-6-4-8(14-10)2-1-3-9-5-7-11(13)15-9/h4-7H,1-3H2. The molecule has 15 heavy (non-hydrogen) atoms. The molecule has 4 heteroatoms. The van der Waals surface area contributed by atoms with Gasteiger partial charge in [0, 0.05) is 9.75 Å². The Hall–Kier alpha value is 0.360. The van der Waals surface area contributed by atoms with Crippen LogP contribution in [0.1, 0.15) is 16.2 Å². The van der Waals surface area contributed by atoms with E-state index in [9.17, 15) is 0 Å². The summed E-state index contributed by atoms with van der Waals surface area (Å²) in [7, 11) is 0. The summed E-state index contributed by atoms with van der Waals surface area (Å²) in [5, 5.41) is 0. The highest BCUT2D eigenvalue weighted by Crippen LogP contribution is 2.26. The Balaban J connectivity index is 1.80. The minimum atomic E-state index is 1.19. The van der Waals surface area contributed by atoms with E-state index in [1.807, 2.05) is 22.7 Å². The number of hydrogen-bond donors (Lipinski definition) is 0. The van der Waals surface area contributed by atoms with Crippen molar-refractivity contribution < 1.29 is 0 Å². The molecule has 2 heterocycles. The van der Waals surface area contributed by atoms with E-state index >= 15 is 0 Å². The zero-order valence-corrected chi connectivity index (χ0v) is 12.8. The first-order valence-electron chi connectivity index (χ1n) is 4.72. The first-order chi connectivity index (χ1) is 7.24. The monoisotopic (exact) mass is 364 g/mol. The molecule has 0 amide bonds. The van der Waals surface area contributed by atoms with Crippen LogP contribution in [-0.2, 0) is 12.8 Å². The lowest BCUT2D eigenvalue weighted by molar-refractivity contribution is 0.842. The van der Waals surface area contributed by atoms with E-state index < -0.39 is 0 Å². The van der Waals surface area contributed by atoms with Crippen LogP contribution < -0.4 is 0 Å². The minimum absolute atomic E-state index is 1.19. The number of rotatable bonds is 4. The maximum Gasteiger partial charge on any atom is 0.0701 e. The lowest BCUT2D eigenvalue weighted by Gasteiger charge is -1.95. The molecular weight excluding hydrogens is 356 g/mol. The third-order valence-electron chi connectivity index (χ3n) is 2.10. The molecule has 2 rings (SSSR count). The zero-order chi connectivity index (χ0) is 10.7. The van der Waals surface area contributed by atoms with Crippen molar-refractivity contribution in [2.45, 2.75) is 19.3 Å². The number of halogens is 2. The van der Waals surface area contributed by atoms with Crippen LogP contribution in [0.2, 0.25) is 0 Å².